The van der Waals surface area contributed by atoms with E-state index in [1.165, 1.54) is 16.7 Å². The number of methoxy groups -OCH3 is 1. The van der Waals surface area contributed by atoms with E-state index in [2.05, 4.69) is 32.9 Å². The fraction of sp³-hybridized carbons (Fsp3) is 0.625. The van der Waals surface area contributed by atoms with Crippen LogP contribution in [0.1, 0.15) is 30.0 Å². The second-order valence-electron chi connectivity index (χ2n) is 5.98. The van der Waals surface area contributed by atoms with Crippen molar-refractivity contribution in [3.63, 3.8) is 0 Å². The van der Waals surface area contributed by atoms with E-state index in [0.717, 1.165) is 31.9 Å². The maximum Gasteiger partial charge on any atom is 0.125 e. The van der Waals surface area contributed by atoms with Gasteiger partial charge < -0.3 is 15.2 Å². The summed E-state index contributed by atoms with van der Waals surface area (Å²) >= 11 is 0. The third kappa shape index (κ3) is 2.63. The summed E-state index contributed by atoms with van der Waals surface area (Å²) in [7, 11) is 1.75. The molecule has 106 valence electrons. The highest BCUT2D eigenvalue weighted by atomic mass is 16.5. The van der Waals surface area contributed by atoms with Gasteiger partial charge in [-0.15, -0.1) is 0 Å². The van der Waals surface area contributed by atoms with E-state index in [9.17, 15) is 0 Å². The SMILES string of the molecule is COc1c(C)cc(C)cc1C1(CC(C)CN)COC1. The van der Waals surface area contributed by atoms with Gasteiger partial charge in [0.2, 0.25) is 0 Å². The minimum absolute atomic E-state index is 0.0842. The van der Waals surface area contributed by atoms with Gasteiger partial charge in [-0.25, -0.2) is 0 Å². The second-order valence-corrected chi connectivity index (χ2v) is 5.98. The van der Waals surface area contributed by atoms with Crippen LogP contribution in [0.2, 0.25) is 0 Å². The van der Waals surface area contributed by atoms with Crippen molar-refractivity contribution in [1.82, 2.24) is 0 Å². The Labute approximate surface area is 116 Å². The van der Waals surface area contributed by atoms with Gasteiger partial charge >= 0.3 is 0 Å². The summed E-state index contributed by atoms with van der Waals surface area (Å²) in [5, 5.41) is 0. The van der Waals surface area contributed by atoms with Gasteiger partial charge in [0, 0.05) is 11.0 Å². The molecule has 0 aromatic heterocycles. The van der Waals surface area contributed by atoms with Crippen LogP contribution in [0.5, 0.6) is 5.75 Å². The predicted octanol–water partition coefficient (Wildman–Crippen LogP) is 2.56. The van der Waals surface area contributed by atoms with Crippen molar-refractivity contribution in [2.24, 2.45) is 11.7 Å². The minimum Gasteiger partial charge on any atom is -0.496 e. The quantitative estimate of drug-likeness (QED) is 0.888. The Morgan fingerprint density at radius 1 is 1.37 bits per heavy atom. The molecule has 0 saturated carbocycles. The molecule has 1 aliphatic heterocycles. The third-order valence-electron chi connectivity index (χ3n) is 4.09. The average Bonchev–Trinajstić information content (AvgIpc) is 2.32. The van der Waals surface area contributed by atoms with E-state index in [1.54, 1.807) is 7.11 Å². The third-order valence-corrected chi connectivity index (χ3v) is 4.09. The molecule has 2 N–H and O–H groups in total. The van der Waals surface area contributed by atoms with E-state index in [1.807, 2.05) is 0 Å². The van der Waals surface area contributed by atoms with Crippen molar-refractivity contribution in [3.8, 4) is 5.75 Å². The van der Waals surface area contributed by atoms with E-state index < -0.39 is 0 Å². The summed E-state index contributed by atoms with van der Waals surface area (Å²) < 4.78 is 11.2. The average molecular weight is 263 g/mol. The number of benzene rings is 1. The maximum atomic E-state index is 5.79. The van der Waals surface area contributed by atoms with Crippen molar-refractivity contribution < 1.29 is 9.47 Å². The van der Waals surface area contributed by atoms with Gasteiger partial charge in [0.15, 0.2) is 0 Å². The fourth-order valence-corrected chi connectivity index (χ4v) is 3.10. The molecule has 1 fully saturated rings. The molecule has 1 unspecified atom stereocenters. The summed E-state index contributed by atoms with van der Waals surface area (Å²) in [4.78, 5) is 0. The summed E-state index contributed by atoms with van der Waals surface area (Å²) in [6.45, 7) is 8.71. The first-order chi connectivity index (χ1) is 9.02. The minimum atomic E-state index is 0.0842. The zero-order chi connectivity index (χ0) is 14.0. The molecule has 1 atom stereocenters. The maximum absolute atomic E-state index is 5.79. The number of ether oxygens (including phenoxy) is 2. The first-order valence-corrected chi connectivity index (χ1v) is 6.96. The molecule has 3 heteroatoms. The van der Waals surface area contributed by atoms with Crippen LogP contribution in [-0.4, -0.2) is 26.9 Å². The molecule has 0 spiro atoms. The summed E-state index contributed by atoms with van der Waals surface area (Å²) in [5.74, 6) is 1.51. The molecular formula is C16H25NO2. The number of nitrogens with two attached hydrogens (primary N) is 1. The first-order valence-electron chi connectivity index (χ1n) is 6.96. The normalized spacial score (nSPS) is 18.8. The van der Waals surface area contributed by atoms with E-state index >= 15 is 0 Å². The number of hydrogen-bond donors (Lipinski definition) is 1. The lowest BCUT2D eigenvalue weighted by Gasteiger charge is -2.44. The van der Waals surface area contributed by atoms with Crippen molar-refractivity contribution in [1.29, 1.82) is 0 Å². The Morgan fingerprint density at radius 2 is 2.05 bits per heavy atom. The largest absolute Gasteiger partial charge is 0.496 e. The summed E-state index contributed by atoms with van der Waals surface area (Å²) in [5.41, 5.74) is 9.65. The van der Waals surface area contributed by atoms with Gasteiger partial charge in [0.1, 0.15) is 5.75 Å². The lowest BCUT2D eigenvalue weighted by atomic mass is 9.71. The summed E-state index contributed by atoms with van der Waals surface area (Å²) in [6, 6.07) is 4.42. The van der Waals surface area contributed by atoms with E-state index in [-0.39, 0.29) is 5.41 Å². The molecule has 1 aromatic rings. The molecule has 0 aliphatic carbocycles. The van der Waals surface area contributed by atoms with Crippen molar-refractivity contribution >= 4 is 0 Å². The predicted molar refractivity (Wildman–Crippen MR) is 77.8 cm³/mol. The van der Waals surface area contributed by atoms with Gasteiger partial charge in [-0.2, -0.15) is 0 Å². The standard InChI is InChI=1S/C16H25NO2/c1-11-5-13(3)15(18-4)14(6-11)16(9-19-10-16)7-12(2)8-17/h5-6,12H,7-10,17H2,1-4H3. The lowest BCUT2D eigenvalue weighted by Crippen LogP contribution is -2.48. The molecular weight excluding hydrogens is 238 g/mol. The van der Waals surface area contributed by atoms with Crippen LogP contribution in [0, 0.1) is 19.8 Å². The first kappa shape index (κ1) is 14.4. The molecule has 0 amide bonds. The van der Waals surface area contributed by atoms with Crippen LogP contribution >= 0.6 is 0 Å². The highest BCUT2D eigenvalue weighted by molar-refractivity contribution is 5.49. The fourth-order valence-electron chi connectivity index (χ4n) is 3.10. The van der Waals surface area contributed by atoms with Gasteiger partial charge in [-0.1, -0.05) is 24.6 Å². The zero-order valence-corrected chi connectivity index (χ0v) is 12.5. The molecule has 3 nitrogen and oxygen atoms in total. The van der Waals surface area contributed by atoms with Crippen molar-refractivity contribution in [2.45, 2.75) is 32.6 Å². The Kier molecular flexibility index (Phi) is 4.16. The van der Waals surface area contributed by atoms with E-state index in [4.69, 9.17) is 15.2 Å². The molecule has 1 saturated heterocycles. The Balaban J connectivity index is 2.43. The molecule has 0 bridgehead atoms. The van der Waals surface area contributed by atoms with Crippen LogP contribution in [0.4, 0.5) is 0 Å². The highest BCUT2D eigenvalue weighted by Gasteiger charge is 2.43. The molecule has 2 rings (SSSR count). The van der Waals surface area contributed by atoms with Gasteiger partial charge in [-0.05, 0) is 38.3 Å². The molecule has 1 aliphatic rings. The van der Waals surface area contributed by atoms with Crippen LogP contribution < -0.4 is 10.5 Å². The Morgan fingerprint density at radius 3 is 2.53 bits per heavy atom. The lowest BCUT2D eigenvalue weighted by molar-refractivity contribution is -0.0711. The molecule has 0 radical (unpaired) electrons. The Hall–Kier alpha value is -1.06. The zero-order valence-electron chi connectivity index (χ0n) is 12.5. The van der Waals surface area contributed by atoms with Gasteiger partial charge in [0.05, 0.1) is 20.3 Å². The van der Waals surface area contributed by atoms with Crippen molar-refractivity contribution in [3.05, 3.63) is 28.8 Å². The van der Waals surface area contributed by atoms with Gasteiger partial charge in [-0.3, -0.25) is 0 Å². The highest BCUT2D eigenvalue weighted by Crippen LogP contribution is 2.44. The molecule has 1 aromatic carbocycles. The van der Waals surface area contributed by atoms with Crippen LogP contribution in [0.15, 0.2) is 12.1 Å². The monoisotopic (exact) mass is 263 g/mol. The van der Waals surface area contributed by atoms with E-state index in [0.29, 0.717) is 5.92 Å². The topological polar surface area (TPSA) is 44.5 Å². The molecule has 19 heavy (non-hydrogen) atoms. The summed E-state index contributed by atoms with van der Waals surface area (Å²) in [6.07, 6.45) is 1.06. The number of aryl methyl sites for hydroxylation is 2. The van der Waals surface area contributed by atoms with Crippen LogP contribution in [0.25, 0.3) is 0 Å². The van der Waals surface area contributed by atoms with Crippen molar-refractivity contribution in [2.75, 3.05) is 26.9 Å². The number of hydrogen-bond acceptors (Lipinski definition) is 3. The van der Waals surface area contributed by atoms with Crippen LogP contribution in [0.3, 0.4) is 0 Å². The Bertz CT molecular complexity index is 452. The van der Waals surface area contributed by atoms with Gasteiger partial charge in [0.25, 0.3) is 0 Å². The second kappa shape index (κ2) is 5.51. The molecule has 1 heterocycles. The smallest absolute Gasteiger partial charge is 0.125 e. The van der Waals surface area contributed by atoms with Crippen LogP contribution in [-0.2, 0) is 10.2 Å². The number of rotatable bonds is 5.